The van der Waals surface area contributed by atoms with Crippen molar-refractivity contribution >= 4 is 11.2 Å². The third-order valence-corrected chi connectivity index (χ3v) is 2.81. The maximum Gasteiger partial charge on any atom is 0.421 e. The normalized spacial score (nSPS) is 20.8. The van der Waals surface area contributed by atoms with Gasteiger partial charge in [0, 0.05) is 19.3 Å². The van der Waals surface area contributed by atoms with Gasteiger partial charge in [0.1, 0.15) is 0 Å². The standard InChI is InChI=1S/C11H13N3O3/c15-11-14(7-8-6-12-4-5-16-8)10-9(17-11)2-1-3-13-10/h1-3,8,12H,4-7H2. The van der Waals surface area contributed by atoms with Gasteiger partial charge in [-0.15, -0.1) is 0 Å². The van der Waals surface area contributed by atoms with Crippen molar-refractivity contribution in [3.05, 3.63) is 28.9 Å². The van der Waals surface area contributed by atoms with Crippen molar-refractivity contribution in [2.45, 2.75) is 12.6 Å². The Kier molecular flexibility index (Phi) is 2.66. The van der Waals surface area contributed by atoms with Crippen molar-refractivity contribution in [1.29, 1.82) is 0 Å². The molecule has 6 nitrogen and oxygen atoms in total. The Morgan fingerprint density at radius 3 is 3.35 bits per heavy atom. The summed E-state index contributed by atoms with van der Waals surface area (Å²) in [6.45, 7) is 2.74. The van der Waals surface area contributed by atoms with Gasteiger partial charge in [-0.3, -0.25) is 4.57 Å². The van der Waals surface area contributed by atoms with Gasteiger partial charge in [0.15, 0.2) is 11.2 Å². The van der Waals surface area contributed by atoms with Crippen LogP contribution in [0.4, 0.5) is 0 Å². The lowest BCUT2D eigenvalue weighted by molar-refractivity contribution is 0.0177. The second-order valence-electron chi connectivity index (χ2n) is 4.00. The quantitative estimate of drug-likeness (QED) is 0.792. The molecule has 90 valence electrons. The summed E-state index contributed by atoms with van der Waals surface area (Å²) in [6.07, 6.45) is 1.64. The highest BCUT2D eigenvalue weighted by atomic mass is 16.5. The SMILES string of the molecule is O=c1oc2cccnc2n1CC1CNCCO1. The lowest BCUT2D eigenvalue weighted by Crippen LogP contribution is -2.41. The van der Waals surface area contributed by atoms with Crippen LogP contribution >= 0.6 is 0 Å². The summed E-state index contributed by atoms with van der Waals surface area (Å²) in [5.41, 5.74) is 1.09. The van der Waals surface area contributed by atoms with Crippen molar-refractivity contribution in [2.75, 3.05) is 19.7 Å². The van der Waals surface area contributed by atoms with Gasteiger partial charge in [-0.2, -0.15) is 0 Å². The van der Waals surface area contributed by atoms with E-state index >= 15 is 0 Å². The highest BCUT2D eigenvalue weighted by Crippen LogP contribution is 2.10. The molecule has 2 aromatic rings. The first-order chi connectivity index (χ1) is 8.34. The monoisotopic (exact) mass is 235 g/mol. The van der Waals surface area contributed by atoms with Crippen LogP contribution < -0.4 is 11.1 Å². The molecular formula is C11H13N3O3. The highest BCUT2D eigenvalue weighted by Gasteiger charge is 2.18. The summed E-state index contributed by atoms with van der Waals surface area (Å²) >= 11 is 0. The number of fused-ring (bicyclic) bond motifs is 1. The van der Waals surface area contributed by atoms with Gasteiger partial charge in [-0.1, -0.05) is 0 Å². The summed E-state index contributed by atoms with van der Waals surface area (Å²) in [5.74, 6) is -0.382. The first-order valence-electron chi connectivity index (χ1n) is 5.61. The van der Waals surface area contributed by atoms with Crippen LogP contribution in [0, 0.1) is 0 Å². The van der Waals surface area contributed by atoms with Crippen LogP contribution in [0.25, 0.3) is 11.2 Å². The van der Waals surface area contributed by atoms with Crippen LogP contribution in [-0.4, -0.2) is 35.4 Å². The number of pyridine rings is 1. The Balaban J connectivity index is 1.93. The first-order valence-corrected chi connectivity index (χ1v) is 5.61. The fraction of sp³-hybridized carbons (Fsp3) is 0.455. The van der Waals surface area contributed by atoms with E-state index in [9.17, 15) is 4.79 Å². The van der Waals surface area contributed by atoms with Gasteiger partial charge in [-0.05, 0) is 12.1 Å². The molecule has 1 atom stereocenters. The van der Waals surface area contributed by atoms with Crippen LogP contribution in [0.5, 0.6) is 0 Å². The molecule has 3 heterocycles. The van der Waals surface area contributed by atoms with Crippen LogP contribution in [0.3, 0.4) is 0 Å². The molecule has 6 heteroatoms. The number of nitrogens with zero attached hydrogens (tertiary/aromatic N) is 2. The minimum Gasteiger partial charge on any atom is -0.406 e. The average molecular weight is 235 g/mol. The number of nitrogens with one attached hydrogen (secondary N) is 1. The molecule has 0 radical (unpaired) electrons. The number of aromatic nitrogens is 2. The Hall–Kier alpha value is -1.66. The number of ether oxygens (including phenoxy) is 1. The van der Waals surface area contributed by atoms with Crippen molar-refractivity contribution in [3.63, 3.8) is 0 Å². The zero-order chi connectivity index (χ0) is 11.7. The molecule has 1 saturated heterocycles. The molecule has 2 aromatic heterocycles. The van der Waals surface area contributed by atoms with E-state index in [-0.39, 0.29) is 11.9 Å². The molecule has 1 unspecified atom stereocenters. The van der Waals surface area contributed by atoms with Gasteiger partial charge >= 0.3 is 5.76 Å². The Labute approximate surface area is 97.2 Å². The van der Waals surface area contributed by atoms with Gasteiger partial charge in [0.05, 0.1) is 19.3 Å². The highest BCUT2D eigenvalue weighted by molar-refractivity contribution is 5.67. The Morgan fingerprint density at radius 1 is 1.59 bits per heavy atom. The van der Waals surface area contributed by atoms with Gasteiger partial charge in [0.25, 0.3) is 0 Å². The molecule has 1 N–H and O–H groups in total. The third-order valence-electron chi connectivity index (χ3n) is 2.81. The van der Waals surface area contributed by atoms with Crippen LogP contribution in [0.2, 0.25) is 0 Å². The Bertz CT molecular complexity index is 569. The lowest BCUT2D eigenvalue weighted by atomic mass is 10.3. The largest absolute Gasteiger partial charge is 0.421 e. The summed E-state index contributed by atoms with van der Waals surface area (Å²) in [4.78, 5) is 15.9. The van der Waals surface area contributed by atoms with Crippen molar-refractivity contribution in [1.82, 2.24) is 14.9 Å². The number of morpholine rings is 1. The second-order valence-corrected chi connectivity index (χ2v) is 4.00. The van der Waals surface area contributed by atoms with E-state index in [0.717, 1.165) is 13.1 Å². The maximum absolute atomic E-state index is 11.7. The number of oxazole rings is 1. The molecule has 3 rings (SSSR count). The zero-order valence-corrected chi connectivity index (χ0v) is 9.26. The van der Waals surface area contributed by atoms with Crippen LogP contribution in [0.15, 0.2) is 27.5 Å². The Morgan fingerprint density at radius 2 is 2.53 bits per heavy atom. The predicted octanol–water partition coefficient (Wildman–Crippen LogP) is -0.0221. The summed E-state index contributed by atoms with van der Waals surface area (Å²) in [6, 6.07) is 3.48. The second kappa shape index (κ2) is 4.31. The minimum atomic E-state index is -0.382. The fourth-order valence-electron chi connectivity index (χ4n) is 2.00. The van der Waals surface area contributed by atoms with E-state index in [4.69, 9.17) is 9.15 Å². The van der Waals surface area contributed by atoms with E-state index in [1.165, 1.54) is 4.57 Å². The maximum atomic E-state index is 11.7. The molecule has 1 aliphatic heterocycles. The smallest absolute Gasteiger partial charge is 0.406 e. The molecule has 1 aliphatic rings. The number of hydrogen-bond acceptors (Lipinski definition) is 5. The lowest BCUT2D eigenvalue weighted by Gasteiger charge is -2.23. The summed E-state index contributed by atoms with van der Waals surface area (Å²) in [7, 11) is 0. The van der Waals surface area contributed by atoms with Crippen LogP contribution in [-0.2, 0) is 11.3 Å². The van der Waals surface area contributed by atoms with Gasteiger partial charge < -0.3 is 14.5 Å². The topological polar surface area (TPSA) is 69.3 Å². The molecule has 17 heavy (non-hydrogen) atoms. The van der Waals surface area contributed by atoms with E-state index < -0.39 is 0 Å². The van der Waals surface area contributed by atoms with E-state index in [1.807, 2.05) is 0 Å². The summed E-state index contributed by atoms with van der Waals surface area (Å²) in [5, 5.41) is 3.22. The molecule has 0 bridgehead atoms. The van der Waals surface area contributed by atoms with E-state index in [2.05, 4.69) is 10.3 Å². The third kappa shape index (κ3) is 1.96. The minimum absolute atomic E-state index is 0.00995. The molecule has 0 amide bonds. The molecule has 0 aliphatic carbocycles. The van der Waals surface area contributed by atoms with E-state index in [0.29, 0.717) is 24.4 Å². The first kappa shape index (κ1) is 10.5. The van der Waals surface area contributed by atoms with Gasteiger partial charge in [-0.25, -0.2) is 9.78 Å². The average Bonchev–Trinajstić information content (AvgIpc) is 2.68. The van der Waals surface area contributed by atoms with Gasteiger partial charge in [0.2, 0.25) is 0 Å². The number of hydrogen-bond donors (Lipinski definition) is 1. The van der Waals surface area contributed by atoms with Crippen molar-refractivity contribution < 1.29 is 9.15 Å². The molecule has 0 saturated carbocycles. The molecule has 1 fully saturated rings. The molecular weight excluding hydrogens is 222 g/mol. The summed E-state index contributed by atoms with van der Waals surface area (Å²) < 4.78 is 12.2. The van der Waals surface area contributed by atoms with Crippen LogP contribution in [0.1, 0.15) is 0 Å². The fourth-order valence-corrected chi connectivity index (χ4v) is 2.00. The number of rotatable bonds is 2. The molecule has 0 spiro atoms. The van der Waals surface area contributed by atoms with Crippen molar-refractivity contribution in [2.24, 2.45) is 0 Å². The molecule has 0 aromatic carbocycles. The predicted molar refractivity (Wildman–Crippen MR) is 60.9 cm³/mol. The zero-order valence-electron chi connectivity index (χ0n) is 9.26. The van der Waals surface area contributed by atoms with E-state index in [1.54, 1.807) is 18.3 Å². The van der Waals surface area contributed by atoms with Crippen molar-refractivity contribution in [3.8, 4) is 0 Å².